The topological polar surface area (TPSA) is 448 Å². The van der Waals surface area contributed by atoms with E-state index in [0.29, 0.717) is 12.2 Å². The summed E-state index contributed by atoms with van der Waals surface area (Å²) in [4.78, 5) is 167. The predicted octanol–water partition coefficient (Wildman–Crippen LogP) is -4.65. The Hall–Kier alpha value is -6.58. The summed E-state index contributed by atoms with van der Waals surface area (Å²) in [5, 5.41) is 44.0. The van der Waals surface area contributed by atoms with Crippen LogP contribution in [0.15, 0.2) is 0 Å². The number of aliphatic carboxylic acids is 3. The molecule has 0 aliphatic carbocycles. The Labute approximate surface area is 402 Å². The summed E-state index contributed by atoms with van der Waals surface area (Å²) in [6, 6.07) is -11.9. The summed E-state index contributed by atoms with van der Waals surface area (Å²) in [6.07, 6.45) is -1.51. The summed E-state index contributed by atoms with van der Waals surface area (Å²) in [5.41, 5.74) is 16.8. The van der Waals surface area contributed by atoms with Crippen molar-refractivity contribution in [2.24, 2.45) is 29.0 Å². The Kier molecular flexibility index (Phi) is 26.3. The molecule has 388 valence electrons. The summed E-state index contributed by atoms with van der Waals surface area (Å²) >= 11 is 1.46. The van der Waals surface area contributed by atoms with Gasteiger partial charge in [0.2, 0.25) is 59.1 Å². The first-order chi connectivity index (χ1) is 32.2. The number of likely N-dealkylation sites (tertiary alicyclic amines) is 1. The number of nitrogens with one attached hydrogen (secondary N) is 7. The molecule has 1 aliphatic rings. The van der Waals surface area contributed by atoms with Crippen LogP contribution in [0.1, 0.15) is 91.9 Å². The summed E-state index contributed by atoms with van der Waals surface area (Å²) < 4.78 is 0. The molecule has 27 nitrogen and oxygen atoms in total. The average molecular weight is 1000 g/mol. The van der Waals surface area contributed by atoms with Crippen molar-refractivity contribution in [2.75, 3.05) is 25.1 Å². The zero-order valence-corrected chi connectivity index (χ0v) is 40.0. The lowest BCUT2D eigenvalue weighted by molar-refractivity contribution is -0.144. The fourth-order valence-corrected chi connectivity index (χ4v) is 7.35. The monoisotopic (exact) mass is 1000 g/mol. The third-order valence-electron chi connectivity index (χ3n) is 10.9. The van der Waals surface area contributed by atoms with E-state index in [0.717, 1.165) is 4.90 Å². The van der Waals surface area contributed by atoms with E-state index < -0.39 is 182 Å². The Bertz CT molecular complexity index is 1910. The van der Waals surface area contributed by atoms with E-state index in [1.807, 2.05) is 11.6 Å². The number of carbonyl (C=O) groups excluding carboxylic acids is 10. The van der Waals surface area contributed by atoms with Crippen LogP contribution >= 0.6 is 11.8 Å². The molecule has 28 heteroatoms. The minimum atomic E-state index is -1.82. The number of rotatable bonds is 32. The Morgan fingerprint density at radius 2 is 1.12 bits per heavy atom. The number of nitrogens with two attached hydrogens (primary N) is 3. The maximum atomic E-state index is 14.0. The molecule has 0 aromatic heterocycles. The van der Waals surface area contributed by atoms with Gasteiger partial charge in [-0.25, -0.2) is 0 Å². The highest BCUT2D eigenvalue weighted by Crippen LogP contribution is 2.20. The van der Waals surface area contributed by atoms with Gasteiger partial charge in [-0.3, -0.25) is 62.3 Å². The first kappa shape index (κ1) is 60.4. The van der Waals surface area contributed by atoms with Crippen molar-refractivity contribution >= 4 is 88.7 Å². The van der Waals surface area contributed by atoms with Gasteiger partial charge in [-0.15, -0.1) is 0 Å². The molecule has 0 spiro atoms. The molecule has 0 bridgehead atoms. The van der Waals surface area contributed by atoms with E-state index in [-0.39, 0.29) is 25.8 Å². The minimum Gasteiger partial charge on any atom is -0.481 e. The number of thioether (sulfide) groups is 1. The molecule has 16 N–H and O–H groups in total. The molecule has 0 saturated carbocycles. The molecule has 1 aliphatic heterocycles. The molecule has 1 heterocycles. The molecule has 0 aromatic rings. The SMILES string of the molecule is CC[C@H](C)[C@H](NC(=O)[C@H](CC(N)=O)NC(=O)[C@@H](NC(=O)[C@@H](N)CCSC)C(C)C)C(=O)N[C@@H](CCC(=O)O)C(=O)N[C@@H](CC(N)=O)C(=O)N1CCC[C@H]1C(=O)N[C@@H](CCC(=O)O)C(=O)NCC(=O)O. The number of hydrogen-bond acceptors (Lipinski definition) is 15. The first-order valence-corrected chi connectivity index (χ1v) is 23.5. The predicted molar refractivity (Wildman–Crippen MR) is 244 cm³/mol. The quantitative estimate of drug-likeness (QED) is 0.0301. The van der Waals surface area contributed by atoms with Crippen LogP contribution in [0.4, 0.5) is 0 Å². The van der Waals surface area contributed by atoms with Crippen LogP contribution < -0.4 is 54.4 Å². The van der Waals surface area contributed by atoms with E-state index in [4.69, 9.17) is 27.4 Å². The van der Waals surface area contributed by atoms with Crippen molar-refractivity contribution < 1.29 is 77.6 Å². The standard InChI is InChI=1S/C41H67N11O16S/c1-6-20(4)33(51-37(64)24(16-27(43)53)48-39(66)32(19(2)3)50-34(61)21(42)13-15-69-5)40(67)47-23(10-12-30(57)58)36(63)49-25(17-28(44)54)41(68)52-14-7-8-26(52)38(65)46-22(9-11-29(55)56)35(62)45-18-31(59)60/h19-26,32-33H,6-18,42H2,1-5H3,(H2,43,53)(H2,44,54)(H,45,62)(H,46,65)(H,47,67)(H,48,66)(H,49,63)(H,50,61)(H,51,64)(H,55,56)(H,57,58)(H,59,60)/t20-,21-,22-,23-,24-,25-,26-,32-,33-/m0/s1. The highest BCUT2D eigenvalue weighted by molar-refractivity contribution is 7.98. The molecule has 9 atom stereocenters. The second kappa shape index (κ2) is 30.0. The number of primary amides is 2. The second-order valence-corrected chi connectivity index (χ2v) is 17.7. The van der Waals surface area contributed by atoms with Crippen molar-refractivity contribution in [3.05, 3.63) is 0 Å². The van der Waals surface area contributed by atoms with E-state index in [2.05, 4.69) is 31.9 Å². The van der Waals surface area contributed by atoms with Gasteiger partial charge < -0.3 is 74.6 Å². The van der Waals surface area contributed by atoms with Crippen LogP contribution in [0.2, 0.25) is 0 Å². The molecule has 69 heavy (non-hydrogen) atoms. The lowest BCUT2D eigenvalue weighted by Crippen LogP contribution is -2.62. The largest absolute Gasteiger partial charge is 0.481 e. The molecule has 0 radical (unpaired) electrons. The van der Waals surface area contributed by atoms with E-state index >= 15 is 0 Å². The van der Waals surface area contributed by atoms with Gasteiger partial charge in [-0.05, 0) is 55.9 Å². The number of carboxylic acid groups (broad SMARTS) is 3. The molecule has 1 saturated heterocycles. The van der Waals surface area contributed by atoms with Gasteiger partial charge in [0.25, 0.3) is 0 Å². The number of amides is 10. The van der Waals surface area contributed by atoms with E-state index in [1.54, 1.807) is 20.8 Å². The van der Waals surface area contributed by atoms with Gasteiger partial charge in [-0.2, -0.15) is 11.8 Å². The maximum Gasteiger partial charge on any atom is 0.322 e. The van der Waals surface area contributed by atoms with Gasteiger partial charge in [0.05, 0.1) is 18.9 Å². The molecule has 1 fully saturated rings. The maximum absolute atomic E-state index is 14.0. The second-order valence-electron chi connectivity index (χ2n) is 16.7. The number of carbonyl (C=O) groups is 13. The third-order valence-corrected chi connectivity index (χ3v) is 11.5. The molecular formula is C41H67N11O16S. The van der Waals surface area contributed by atoms with Crippen molar-refractivity contribution in [3.8, 4) is 0 Å². The van der Waals surface area contributed by atoms with Gasteiger partial charge in [0.15, 0.2) is 0 Å². The van der Waals surface area contributed by atoms with Crippen LogP contribution in [-0.4, -0.2) is 171 Å². The van der Waals surface area contributed by atoms with E-state index in [1.165, 1.54) is 18.7 Å². The summed E-state index contributed by atoms with van der Waals surface area (Å²) in [6.45, 7) is 5.41. The minimum absolute atomic E-state index is 0.0106. The summed E-state index contributed by atoms with van der Waals surface area (Å²) in [7, 11) is 0. The Balaban J connectivity index is 3.44. The fourth-order valence-electron chi connectivity index (χ4n) is 6.86. The van der Waals surface area contributed by atoms with Gasteiger partial charge in [0, 0.05) is 19.4 Å². The molecular weight excluding hydrogens is 935 g/mol. The van der Waals surface area contributed by atoms with Crippen LogP contribution in [0.5, 0.6) is 0 Å². The fraction of sp³-hybridized carbons (Fsp3) is 0.683. The normalized spacial score (nSPS) is 16.7. The number of carboxylic acids is 3. The first-order valence-electron chi connectivity index (χ1n) is 22.1. The smallest absolute Gasteiger partial charge is 0.322 e. The van der Waals surface area contributed by atoms with E-state index in [9.17, 15) is 67.4 Å². The molecule has 0 unspecified atom stereocenters. The zero-order chi connectivity index (χ0) is 52.7. The Morgan fingerprint density at radius 3 is 1.62 bits per heavy atom. The molecule has 0 aromatic carbocycles. The lowest BCUT2D eigenvalue weighted by Gasteiger charge is -2.31. The average Bonchev–Trinajstić information content (AvgIpc) is 3.77. The molecule has 10 amide bonds. The van der Waals surface area contributed by atoms with Gasteiger partial charge in [-0.1, -0.05) is 34.1 Å². The highest BCUT2D eigenvalue weighted by atomic mass is 32.2. The zero-order valence-electron chi connectivity index (χ0n) is 39.2. The van der Waals surface area contributed by atoms with Crippen LogP contribution in [0.25, 0.3) is 0 Å². The summed E-state index contributed by atoms with van der Waals surface area (Å²) in [5.74, 6) is -14.9. The van der Waals surface area contributed by atoms with Crippen LogP contribution in [0, 0.1) is 11.8 Å². The third kappa shape index (κ3) is 21.5. The van der Waals surface area contributed by atoms with Gasteiger partial charge >= 0.3 is 17.9 Å². The Morgan fingerprint density at radius 1 is 0.623 bits per heavy atom. The highest BCUT2D eigenvalue weighted by Gasteiger charge is 2.41. The molecule has 1 rings (SSSR count). The number of hydrogen-bond donors (Lipinski definition) is 13. The number of nitrogens with zero attached hydrogens (tertiary/aromatic N) is 1. The van der Waals surface area contributed by atoms with Crippen molar-refractivity contribution in [1.82, 2.24) is 42.1 Å². The van der Waals surface area contributed by atoms with Crippen molar-refractivity contribution in [2.45, 2.75) is 140 Å². The van der Waals surface area contributed by atoms with Crippen molar-refractivity contribution in [1.29, 1.82) is 0 Å². The van der Waals surface area contributed by atoms with Crippen molar-refractivity contribution in [3.63, 3.8) is 0 Å². The van der Waals surface area contributed by atoms with Crippen LogP contribution in [-0.2, 0) is 62.3 Å². The lowest BCUT2D eigenvalue weighted by atomic mass is 9.96. The van der Waals surface area contributed by atoms with Gasteiger partial charge in [0.1, 0.15) is 48.8 Å². The van der Waals surface area contributed by atoms with Crippen LogP contribution in [0.3, 0.4) is 0 Å².